The lowest BCUT2D eigenvalue weighted by Crippen LogP contribution is -2.38. The van der Waals surface area contributed by atoms with E-state index in [9.17, 15) is 4.39 Å². The molecule has 2 aromatic heterocycles. The Bertz CT molecular complexity index is 1470. The summed E-state index contributed by atoms with van der Waals surface area (Å²) in [5, 5.41) is 9.11. The molecule has 4 aromatic rings. The molecule has 39 heavy (non-hydrogen) atoms. The van der Waals surface area contributed by atoms with Crippen LogP contribution in [0.4, 0.5) is 10.3 Å². The Morgan fingerprint density at radius 2 is 1.97 bits per heavy atom. The number of nitrogens with zero attached hydrogens (tertiary/aromatic N) is 3. The molecule has 202 valence electrons. The van der Waals surface area contributed by atoms with E-state index in [-0.39, 0.29) is 5.92 Å². The molecule has 6 rings (SSSR count). The predicted octanol–water partition coefficient (Wildman–Crippen LogP) is 7.03. The lowest BCUT2D eigenvalue weighted by atomic mass is 9.97. The summed E-state index contributed by atoms with van der Waals surface area (Å²) >= 11 is 0. The molecule has 0 radical (unpaired) electrons. The average molecular weight is 526 g/mol. The molecule has 0 amide bonds. The number of hydrogen-bond donors (Lipinski definition) is 2. The number of anilines is 1. The van der Waals surface area contributed by atoms with Crippen molar-refractivity contribution in [2.45, 2.75) is 64.1 Å². The van der Waals surface area contributed by atoms with Crippen LogP contribution in [0.3, 0.4) is 0 Å². The normalized spacial score (nSPS) is 22.5. The summed E-state index contributed by atoms with van der Waals surface area (Å²) in [7, 11) is 0. The van der Waals surface area contributed by atoms with Crippen molar-refractivity contribution in [1.82, 2.24) is 20.3 Å². The first kappa shape index (κ1) is 25.7. The van der Waals surface area contributed by atoms with Gasteiger partial charge in [0.2, 0.25) is 11.8 Å². The summed E-state index contributed by atoms with van der Waals surface area (Å²) < 4.78 is 20.6. The van der Waals surface area contributed by atoms with Gasteiger partial charge < -0.3 is 15.4 Å². The van der Waals surface area contributed by atoms with Crippen LogP contribution in [0.1, 0.15) is 50.2 Å². The van der Waals surface area contributed by atoms with Crippen LogP contribution >= 0.6 is 0 Å². The zero-order valence-electron chi connectivity index (χ0n) is 22.7. The number of aromatic nitrogens is 3. The van der Waals surface area contributed by atoms with E-state index >= 15 is 0 Å². The fraction of sp³-hybridized carbons (Fsp3) is 0.406. The van der Waals surface area contributed by atoms with Crippen molar-refractivity contribution in [2.24, 2.45) is 5.92 Å². The molecule has 1 aliphatic heterocycles. The Labute approximate surface area is 229 Å². The van der Waals surface area contributed by atoms with Crippen LogP contribution in [0.25, 0.3) is 22.0 Å². The topological polar surface area (TPSA) is 72.0 Å². The highest BCUT2D eigenvalue weighted by Crippen LogP contribution is 2.49. The Balaban J connectivity index is 1.26. The number of ether oxygens (including phenoxy) is 1. The minimum absolute atomic E-state index is 0.216. The first-order valence-corrected chi connectivity index (χ1v) is 14.1. The van der Waals surface area contributed by atoms with E-state index in [1.54, 1.807) is 19.3 Å². The molecule has 1 aliphatic carbocycles. The zero-order chi connectivity index (χ0) is 26.8. The van der Waals surface area contributed by atoms with Crippen molar-refractivity contribution in [3.05, 3.63) is 72.1 Å². The van der Waals surface area contributed by atoms with E-state index in [0.29, 0.717) is 24.3 Å². The summed E-state index contributed by atoms with van der Waals surface area (Å²) in [5.74, 6) is 2.14. The Hall–Kier alpha value is -3.58. The number of hydrogen-bond acceptors (Lipinski definition) is 6. The van der Waals surface area contributed by atoms with Crippen molar-refractivity contribution >= 4 is 16.7 Å². The fourth-order valence-electron chi connectivity index (χ4n) is 5.72. The molecular formula is C32H36FN5O. The van der Waals surface area contributed by atoms with Gasteiger partial charge in [0, 0.05) is 30.4 Å². The van der Waals surface area contributed by atoms with Crippen LogP contribution in [0.2, 0.25) is 0 Å². The van der Waals surface area contributed by atoms with Crippen LogP contribution < -0.4 is 15.4 Å². The molecule has 1 unspecified atom stereocenters. The van der Waals surface area contributed by atoms with Crippen molar-refractivity contribution in [3.8, 4) is 22.9 Å². The van der Waals surface area contributed by atoms with Gasteiger partial charge in [0.25, 0.3) is 0 Å². The first-order valence-electron chi connectivity index (χ1n) is 14.1. The van der Waals surface area contributed by atoms with Gasteiger partial charge >= 0.3 is 0 Å². The van der Waals surface area contributed by atoms with E-state index in [1.165, 1.54) is 10.9 Å². The average Bonchev–Trinajstić information content (AvgIpc) is 3.57. The number of piperidine rings is 1. The number of nitrogens with one attached hydrogen (secondary N) is 2. The summed E-state index contributed by atoms with van der Waals surface area (Å²) in [6, 6.07) is 16.7. The van der Waals surface area contributed by atoms with Crippen LogP contribution in [0.5, 0.6) is 11.6 Å². The highest BCUT2D eigenvalue weighted by Gasteiger charge is 2.49. The maximum atomic E-state index is 14.0. The summed E-state index contributed by atoms with van der Waals surface area (Å²) in [6.07, 6.45) is 9.31. The van der Waals surface area contributed by atoms with Crippen LogP contribution in [0, 0.1) is 12.8 Å². The molecule has 3 atom stereocenters. The van der Waals surface area contributed by atoms with E-state index in [1.807, 2.05) is 18.2 Å². The number of rotatable bonds is 9. The van der Waals surface area contributed by atoms with Gasteiger partial charge in [-0.15, -0.1) is 0 Å². The third-order valence-electron chi connectivity index (χ3n) is 8.17. The lowest BCUT2D eigenvalue weighted by Gasteiger charge is -2.23. The molecule has 0 bridgehead atoms. The largest absolute Gasteiger partial charge is 0.437 e. The summed E-state index contributed by atoms with van der Waals surface area (Å²) in [4.78, 5) is 13.9. The number of fused-ring (bicyclic) bond motifs is 1. The Morgan fingerprint density at radius 3 is 2.79 bits per heavy atom. The van der Waals surface area contributed by atoms with Gasteiger partial charge in [-0.2, -0.15) is 0 Å². The first-order chi connectivity index (χ1) is 19.0. The molecule has 3 heterocycles. The van der Waals surface area contributed by atoms with Gasteiger partial charge in [-0.05, 0) is 99.5 Å². The van der Waals surface area contributed by atoms with Crippen LogP contribution in [0.15, 0.2) is 60.9 Å². The molecule has 2 aliphatic rings. The smallest absolute Gasteiger partial charge is 0.228 e. The molecular weight excluding hydrogens is 489 g/mol. The monoisotopic (exact) mass is 525 g/mol. The highest BCUT2D eigenvalue weighted by molar-refractivity contribution is 5.92. The highest BCUT2D eigenvalue weighted by atomic mass is 19.1. The molecule has 1 saturated heterocycles. The van der Waals surface area contributed by atoms with Gasteiger partial charge in [-0.1, -0.05) is 30.3 Å². The second-order valence-electron chi connectivity index (χ2n) is 11.2. The molecule has 2 fully saturated rings. The molecule has 6 nitrogen and oxygen atoms in total. The second kappa shape index (κ2) is 10.9. The van der Waals surface area contributed by atoms with Gasteiger partial charge in [0.15, 0.2) is 0 Å². The minimum Gasteiger partial charge on any atom is -0.437 e. The SMILES string of the molecule is Cc1ccc2c(CCC[C@@H]3CC3(C)F)cccc2c1Oc1ncccc1-c1ccnc(N[C@H]2CCCNC2)n1. The van der Waals surface area contributed by atoms with Gasteiger partial charge in [-0.25, -0.2) is 19.3 Å². The number of alkyl halides is 1. The van der Waals surface area contributed by atoms with Crippen molar-refractivity contribution in [1.29, 1.82) is 0 Å². The number of aryl methyl sites for hydroxylation is 2. The van der Waals surface area contributed by atoms with E-state index in [0.717, 1.165) is 73.2 Å². The van der Waals surface area contributed by atoms with Gasteiger partial charge in [0.1, 0.15) is 11.4 Å². The van der Waals surface area contributed by atoms with Crippen LogP contribution in [-0.2, 0) is 6.42 Å². The summed E-state index contributed by atoms with van der Waals surface area (Å²) in [6.45, 7) is 5.75. The van der Waals surface area contributed by atoms with Crippen LogP contribution in [-0.4, -0.2) is 39.8 Å². The maximum Gasteiger partial charge on any atom is 0.228 e. The van der Waals surface area contributed by atoms with Gasteiger partial charge in [0.05, 0.1) is 11.3 Å². The zero-order valence-corrected chi connectivity index (χ0v) is 22.7. The quantitative estimate of drug-likeness (QED) is 0.245. The Kier molecular flexibility index (Phi) is 7.17. The predicted molar refractivity (Wildman–Crippen MR) is 154 cm³/mol. The van der Waals surface area contributed by atoms with E-state index < -0.39 is 5.67 Å². The van der Waals surface area contributed by atoms with Crippen molar-refractivity contribution in [3.63, 3.8) is 0 Å². The lowest BCUT2D eigenvalue weighted by molar-refractivity contribution is 0.302. The van der Waals surface area contributed by atoms with Crippen molar-refractivity contribution < 1.29 is 9.13 Å². The molecule has 2 N–H and O–H groups in total. The van der Waals surface area contributed by atoms with Crippen molar-refractivity contribution in [2.75, 3.05) is 18.4 Å². The number of pyridine rings is 1. The van der Waals surface area contributed by atoms with E-state index in [4.69, 9.17) is 9.72 Å². The maximum absolute atomic E-state index is 14.0. The molecule has 2 aromatic carbocycles. The third kappa shape index (κ3) is 5.74. The second-order valence-corrected chi connectivity index (χ2v) is 11.2. The molecule has 7 heteroatoms. The number of halogens is 1. The fourth-order valence-corrected chi connectivity index (χ4v) is 5.72. The minimum atomic E-state index is -0.954. The molecule has 0 spiro atoms. The third-order valence-corrected chi connectivity index (χ3v) is 8.17. The Morgan fingerprint density at radius 1 is 1.08 bits per heavy atom. The summed E-state index contributed by atoms with van der Waals surface area (Å²) in [5.41, 5.74) is 2.93. The standard InChI is InChI=1S/C32H36FN5O/c1-21-13-14-25-22(7-3-9-23-19-32(23,2)33)8-4-11-26(25)29(21)39-30-27(12-6-17-35-30)28-15-18-36-31(38-28)37-24-10-5-16-34-20-24/h4,6,8,11-15,17-18,23-24,34H,3,5,7,9-10,16,19-20H2,1-2H3,(H,36,37,38)/t23-,24+,32?/m1/s1. The van der Waals surface area contributed by atoms with E-state index in [2.05, 4.69) is 57.9 Å². The number of benzene rings is 2. The molecule has 1 saturated carbocycles. The van der Waals surface area contributed by atoms with Gasteiger partial charge in [-0.3, -0.25) is 0 Å².